The van der Waals surface area contributed by atoms with Gasteiger partial charge in [-0.25, -0.2) is 0 Å². The van der Waals surface area contributed by atoms with Crippen LogP contribution in [0.25, 0.3) is 10.9 Å². The molecule has 0 spiro atoms. The zero-order valence-electron chi connectivity index (χ0n) is 29.6. The van der Waals surface area contributed by atoms with Crippen LogP contribution in [-0.4, -0.2) is 55.4 Å². The molecule has 0 bridgehead atoms. The molecule has 4 aromatic rings. The minimum Gasteiger partial charge on any atom is -0.492 e. The Labute approximate surface area is 291 Å². The summed E-state index contributed by atoms with van der Waals surface area (Å²) in [5, 5.41) is 17.9. The highest BCUT2D eigenvalue weighted by molar-refractivity contribution is 6.32. The van der Waals surface area contributed by atoms with E-state index in [1.807, 2.05) is 102 Å². The number of aryl methyl sites for hydroxylation is 1. The number of halogens is 1. The number of nitriles is 1. The Morgan fingerprint density at radius 3 is 2.35 bits per heavy atom. The van der Waals surface area contributed by atoms with Gasteiger partial charge in [0.05, 0.1) is 39.8 Å². The first kappa shape index (κ1) is 39.5. The third-order valence-corrected chi connectivity index (χ3v) is 7.19. The van der Waals surface area contributed by atoms with E-state index < -0.39 is 0 Å². The fourth-order valence-electron chi connectivity index (χ4n) is 4.51. The average Bonchev–Trinajstić information content (AvgIpc) is 3.09. The average molecular weight is 673 g/mol. The SMILES string of the molecule is CC.CCOc1cc2nc(CC)c(C#N)c(Nc3ccc(OCc4ccc(C(C)C)nc4)c(Cl)c3)c2cc1NC.CN(C)C/C=C/C=O. The summed E-state index contributed by atoms with van der Waals surface area (Å²) in [5.41, 5.74) is 6.19. The first-order valence-corrected chi connectivity index (χ1v) is 16.6. The van der Waals surface area contributed by atoms with E-state index in [9.17, 15) is 10.1 Å². The Bertz CT molecular complexity index is 1680. The van der Waals surface area contributed by atoms with Gasteiger partial charge in [-0.05, 0) is 69.8 Å². The van der Waals surface area contributed by atoms with Crippen LogP contribution in [0.15, 0.2) is 60.8 Å². The van der Waals surface area contributed by atoms with Gasteiger partial charge in [-0.3, -0.25) is 14.8 Å². The number of anilines is 3. The molecule has 256 valence electrons. The molecule has 4 rings (SSSR count). The Balaban J connectivity index is 0.000000702. The van der Waals surface area contributed by atoms with Crippen LogP contribution in [0.4, 0.5) is 17.1 Å². The summed E-state index contributed by atoms with van der Waals surface area (Å²) in [6.45, 7) is 13.9. The van der Waals surface area contributed by atoms with Gasteiger partial charge in [0, 0.05) is 48.2 Å². The zero-order valence-corrected chi connectivity index (χ0v) is 30.4. The van der Waals surface area contributed by atoms with E-state index in [0.717, 1.165) is 46.4 Å². The number of allylic oxidation sites excluding steroid dienone is 1. The Morgan fingerprint density at radius 1 is 1.06 bits per heavy atom. The van der Waals surface area contributed by atoms with Crippen LogP contribution < -0.4 is 20.1 Å². The molecular weight excluding hydrogens is 624 g/mol. The van der Waals surface area contributed by atoms with E-state index in [2.05, 4.69) is 35.5 Å². The topological polar surface area (TPSA) is 112 Å². The number of aromatic nitrogens is 2. The third-order valence-electron chi connectivity index (χ3n) is 6.90. The van der Waals surface area contributed by atoms with Crippen LogP contribution >= 0.6 is 11.6 Å². The number of hydrogen-bond donors (Lipinski definition) is 2. The van der Waals surface area contributed by atoms with E-state index in [-0.39, 0.29) is 0 Å². The molecule has 0 amide bonds. The van der Waals surface area contributed by atoms with Crippen LogP contribution in [0.3, 0.4) is 0 Å². The molecule has 2 aromatic heterocycles. The summed E-state index contributed by atoms with van der Waals surface area (Å²) in [4.78, 5) is 20.9. The van der Waals surface area contributed by atoms with Gasteiger partial charge in [0.1, 0.15) is 30.5 Å². The predicted molar refractivity (Wildman–Crippen MR) is 199 cm³/mol. The van der Waals surface area contributed by atoms with Gasteiger partial charge in [-0.15, -0.1) is 0 Å². The van der Waals surface area contributed by atoms with Crippen molar-refractivity contribution in [2.45, 2.75) is 60.5 Å². The van der Waals surface area contributed by atoms with Gasteiger partial charge >= 0.3 is 0 Å². The highest BCUT2D eigenvalue weighted by atomic mass is 35.5. The molecule has 0 radical (unpaired) electrons. The lowest BCUT2D eigenvalue weighted by molar-refractivity contribution is -0.104. The lowest BCUT2D eigenvalue weighted by atomic mass is 10.0. The summed E-state index contributed by atoms with van der Waals surface area (Å²) in [6, 6.07) is 15.7. The molecule has 0 saturated heterocycles. The van der Waals surface area contributed by atoms with Crippen LogP contribution in [0, 0.1) is 11.3 Å². The van der Waals surface area contributed by atoms with E-state index in [0.29, 0.717) is 59.0 Å². The minimum absolute atomic E-state index is 0.361. The molecule has 0 fully saturated rings. The van der Waals surface area contributed by atoms with Crippen LogP contribution in [0.1, 0.15) is 70.0 Å². The minimum atomic E-state index is 0.361. The molecule has 0 saturated carbocycles. The van der Waals surface area contributed by atoms with Crippen molar-refractivity contribution in [3.63, 3.8) is 0 Å². The van der Waals surface area contributed by atoms with Crippen molar-refractivity contribution in [1.82, 2.24) is 14.9 Å². The standard InChI is InChI=1S/C30H32ClN5O2.C6H11NO.C2H6/c1-6-24-22(15-32)30(21-13-27(33-5)29(37-7-2)14-26(21)36-24)35-20-9-11-28(23(31)12-20)38-17-19-8-10-25(18(3)4)34-16-19;1-7(2)5-3-4-6-8;1-2/h8-14,16,18,33H,6-7,17H2,1-5H3,(H,35,36);3-4,6H,5H2,1-2H3;1-2H3/b;4-3+;. The predicted octanol–water partition coefficient (Wildman–Crippen LogP) is 8.93. The van der Waals surface area contributed by atoms with Crippen molar-refractivity contribution in [2.75, 3.05) is 44.9 Å². The van der Waals surface area contributed by atoms with Crippen LogP contribution in [0.2, 0.25) is 5.02 Å². The molecule has 2 heterocycles. The fraction of sp³-hybridized carbons (Fsp3) is 0.368. The number of carbonyl (C=O) groups excluding carboxylic acids is 1. The maximum Gasteiger partial charge on any atom is 0.144 e. The number of likely N-dealkylation sites (N-methyl/N-ethyl adjacent to an activating group) is 1. The third kappa shape index (κ3) is 11.3. The summed E-state index contributed by atoms with van der Waals surface area (Å²) in [6.07, 6.45) is 6.54. The second-order valence-electron chi connectivity index (χ2n) is 11.0. The largest absolute Gasteiger partial charge is 0.492 e. The van der Waals surface area contributed by atoms with E-state index in [1.165, 1.54) is 6.08 Å². The molecule has 0 aliphatic rings. The molecule has 2 N–H and O–H groups in total. The van der Waals surface area contributed by atoms with Gasteiger partial charge in [0.2, 0.25) is 0 Å². The van der Waals surface area contributed by atoms with Crippen molar-refractivity contribution in [3.8, 4) is 17.6 Å². The Hall–Kier alpha value is -4.65. The number of benzene rings is 2. The summed E-state index contributed by atoms with van der Waals surface area (Å²) in [5.74, 6) is 1.66. The van der Waals surface area contributed by atoms with Crippen molar-refractivity contribution < 1.29 is 14.3 Å². The van der Waals surface area contributed by atoms with Gasteiger partial charge in [-0.2, -0.15) is 5.26 Å². The molecule has 2 aromatic carbocycles. The molecule has 0 aliphatic heterocycles. The Kier molecular flexibility index (Phi) is 16.9. The number of nitrogens with one attached hydrogen (secondary N) is 2. The van der Waals surface area contributed by atoms with Crippen LogP contribution in [0.5, 0.6) is 11.5 Å². The molecule has 0 atom stereocenters. The fourth-order valence-corrected chi connectivity index (χ4v) is 4.74. The quantitative estimate of drug-likeness (QED) is 0.106. The smallest absolute Gasteiger partial charge is 0.144 e. The lowest BCUT2D eigenvalue weighted by Gasteiger charge is -2.18. The molecule has 10 heteroatoms. The second kappa shape index (κ2) is 20.6. The lowest BCUT2D eigenvalue weighted by Crippen LogP contribution is -2.10. The van der Waals surface area contributed by atoms with Gasteiger partial charge in [0.25, 0.3) is 0 Å². The van der Waals surface area contributed by atoms with Gasteiger partial charge in [-0.1, -0.05) is 58.4 Å². The molecule has 9 nitrogen and oxygen atoms in total. The normalized spacial score (nSPS) is 10.6. The van der Waals surface area contributed by atoms with Gasteiger partial charge < -0.3 is 25.0 Å². The second-order valence-corrected chi connectivity index (χ2v) is 11.4. The number of ether oxygens (including phenoxy) is 2. The van der Waals surface area contributed by atoms with Crippen molar-refractivity contribution >= 4 is 45.9 Å². The summed E-state index contributed by atoms with van der Waals surface area (Å²) in [7, 11) is 5.74. The first-order chi connectivity index (χ1) is 23.1. The highest BCUT2D eigenvalue weighted by Crippen LogP contribution is 2.38. The first-order valence-electron chi connectivity index (χ1n) is 16.3. The molecule has 0 aliphatic carbocycles. The number of aldehydes is 1. The van der Waals surface area contributed by atoms with Crippen molar-refractivity contribution in [2.24, 2.45) is 0 Å². The highest BCUT2D eigenvalue weighted by Gasteiger charge is 2.18. The number of rotatable bonds is 13. The van der Waals surface area contributed by atoms with Crippen molar-refractivity contribution in [3.05, 3.63) is 88.4 Å². The molecule has 0 unspecified atom stereocenters. The van der Waals surface area contributed by atoms with E-state index in [4.69, 9.17) is 26.1 Å². The molecular formula is C38H49ClN6O3. The Morgan fingerprint density at radius 2 is 1.81 bits per heavy atom. The monoisotopic (exact) mass is 672 g/mol. The number of fused-ring (bicyclic) bond motifs is 1. The van der Waals surface area contributed by atoms with Crippen molar-refractivity contribution in [1.29, 1.82) is 5.26 Å². The number of nitrogens with zero attached hydrogens (tertiary/aromatic N) is 4. The maximum atomic E-state index is 10.0. The number of hydrogen-bond acceptors (Lipinski definition) is 9. The van der Waals surface area contributed by atoms with E-state index in [1.54, 1.807) is 6.07 Å². The summed E-state index contributed by atoms with van der Waals surface area (Å²) >= 11 is 6.60. The molecule has 48 heavy (non-hydrogen) atoms. The number of pyridine rings is 2. The van der Waals surface area contributed by atoms with Crippen LogP contribution in [-0.2, 0) is 17.8 Å². The maximum absolute atomic E-state index is 10.0. The van der Waals surface area contributed by atoms with E-state index >= 15 is 0 Å². The summed E-state index contributed by atoms with van der Waals surface area (Å²) < 4.78 is 11.8. The zero-order chi connectivity index (χ0) is 35.6. The number of carbonyl (C=O) groups is 1. The van der Waals surface area contributed by atoms with Gasteiger partial charge in [0.15, 0.2) is 0 Å².